The molecule has 2 atom stereocenters. The minimum atomic E-state index is -0.864. The van der Waals surface area contributed by atoms with E-state index >= 15 is 0 Å². The predicted octanol–water partition coefficient (Wildman–Crippen LogP) is 1.33. The highest BCUT2D eigenvalue weighted by atomic mass is 19.1. The van der Waals surface area contributed by atoms with E-state index in [9.17, 15) is 9.18 Å². The molecule has 1 aromatic rings. The molecule has 102 valence electrons. The molecule has 0 aliphatic carbocycles. The number of carboxylic acid groups (broad SMARTS) is 1. The van der Waals surface area contributed by atoms with E-state index in [-0.39, 0.29) is 6.04 Å². The number of benzene rings is 1. The van der Waals surface area contributed by atoms with Crippen molar-refractivity contribution in [3.8, 4) is 11.5 Å². The average molecular weight is 267 g/mol. The lowest BCUT2D eigenvalue weighted by molar-refractivity contribution is -0.141. The van der Waals surface area contributed by atoms with Crippen molar-refractivity contribution in [1.82, 2.24) is 5.32 Å². The maximum atomic E-state index is 14.0. The van der Waals surface area contributed by atoms with Crippen LogP contribution in [0.2, 0.25) is 0 Å². The summed E-state index contributed by atoms with van der Waals surface area (Å²) < 4.78 is 24.9. The Balaban J connectivity index is 1.94. The van der Waals surface area contributed by atoms with Gasteiger partial charge in [0.05, 0.1) is 11.5 Å². The minimum absolute atomic E-state index is 0.337. The molecule has 2 unspecified atom stereocenters. The molecular weight excluding hydrogens is 253 g/mol. The zero-order valence-corrected chi connectivity index (χ0v) is 10.2. The smallest absolute Gasteiger partial charge is 0.307 e. The summed E-state index contributed by atoms with van der Waals surface area (Å²) in [5, 5.41) is 12.0. The van der Waals surface area contributed by atoms with Crippen LogP contribution in [0.25, 0.3) is 0 Å². The molecule has 1 aromatic carbocycles. The van der Waals surface area contributed by atoms with Gasteiger partial charge in [0.15, 0.2) is 11.5 Å². The van der Waals surface area contributed by atoms with Gasteiger partial charge in [-0.1, -0.05) is 0 Å². The first-order chi connectivity index (χ1) is 9.16. The number of hydrogen-bond acceptors (Lipinski definition) is 4. The van der Waals surface area contributed by atoms with E-state index in [1.165, 1.54) is 12.1 Å². The lowest BCUT2D eigenvalue weighted by atomic mass is 9.98. The summed E-state index contributed by atoms with van der Waals surface area (Å²) in [4.78, 5) is 11.0. The predicted molar refractivity (Wildman–Crippen MR) is 63.9 cm³/mol. The summed E-state index contributed by atoms with van der Waals surface area (Å²) in [6.45, 7) is 1.15. The van der Waals surface area contributed by atoms with Crippen LogP contribution in [0.5, 0.6) is 11.5 Å². The monoisotopic (exact) mass is 267 g/mol. The van der Waals surface area contributed by atoms with Crippen LogP contribution in [0.4, 0.5) is 4.39 Å². The first kappa shape index (κ1) is 12.2. The molecule has 2 N–H and O–H groups in total. The molecule has 19 heavy (non-hydrogen) atoms. The van der Waals surface area contributed by atoms with E-state index in [4.69, 9.17) is 14.6 Å². The Bertz CT molecular complexity index is 520. The van der Waals surface area contributed by atoms with Crippen LogP contribution in [0, 0.1) is 11.7 Å². The molecule has 1 saturated heterocycles. The molecule has 0 radical (unpaired) electrons. The van der Waals surface area contributed by atoms with Gasteiger partial charge in [0.1, 0.15) is 19.0 Å². The molecular formula is C13H14FNO4. The van der Waals surface area contributed by atoms with Gasteiger partial charge in [-0.25, -0.2) is 4.39 Å². The van der Waals surface area contributed by atoms with Gasteiger partial charge in [0, 0.05) is 12.6 Å². The maximum Gasteiger partial charge on any atom is 0.307 e. The van der Waals surface area contributed by atoms with Crippen molar-refractivity contribution in [3.63, 3.8) is 0 Å². The highest BCUT2D eigenvalue weighted by Crippen LogP contribution is 2.42. The van der Waals surface area contributed by atoms with Gasteiger partial charge in [-0.2, -0.15) is 0 Å². The van der Waals surface area contributed by atoms with E-state index in [0.29, 0.717) is 43.2 Å². The molecule has 2 aliphatic rings. The minimum Gasteiger partial charge on any atom is -0.486 e. The fourth-order valence-corrected chi connectivity index (χ4v) is 2.58. The first-order valence-electron chi connectivity index (χ1n) is 6.21. The number of fused-ring (bicyclic) bond motifs is 1. The van der Waals surface area contributed by atoms with Gasteiger partial charge in [-0.3, -0.25) is 4.79 Å². The zero-order chi connectivity index (χ0) is 13.4. The molecule has 3 rings (SSSR count). The summed E-state index contributed by atoms with van der Waals surface area (Å²) in [6.07, 6.45) is 0.353. The zero-order valence-electron chi connectivity index (χ0n) is 10.2. The van der Waals surface area contributed by atoms with Crippen molar-refractivity contribution in [2.45, 2.75) is 12.5 Å². The van der Waals surface area contributed by atoms with E-state index < -0.39 is 17.7 Å². The van der Waals surface area contributed by atoms with Crippen LogP contribution < -0.4 is 14.8 Å². The molecule has 2 heterocycles. The highest BCUT2D eigenvalue weighted by molar-refractivity contribution is 5.71. The molecule has 6 heteroatoms. The molecule has 5 nitrogen and oxygen atoms in total. The lowest BCUT2D eigenvalue weighted by Crippen LogP contribution is -2.21. The van der Waals surface area contributed by atoms with Crippen molar-refractivity contribution in [1.29, 1.82) is 0 Å². The number of aliphatic carboxylic acids is 1. The van der Waals surface area contributed by atoms with Crippen molar-refractivity contribution in [2.75, 3.05) is 19.8 Å². The van der Waals surface area contributed by atoms with E-state index in [1.807, 2.05) is 0 Å². The molecule has 0 bridgehead atoms. The fourth-order valence-electron chi connectivity index (χ4n) is 2.58. The van der Waals surface area contributed by atoms with E-state index in [0.717, 1.165) is 0 Å². The summed E-state index contributed by atoms with van der Waals surface area (Å²) in [7, 11) is 0. The molecule has 0 saturated carbocycles. The highest BCUT2D eigenvalue weighted by Gasteiger charge is 2.35. The SMILES string of the molecule is O=C(O)C1CNC(c2c(F)ccc3c2OCCO3)C1. The molecule has 0 spiro atoms. The standard InChI is InChI=1S/C13H14FNO4/c14-8-1-2-10-12(19-4-3-18-10)11(8)9-5-7(6-15-9)13(16)17/h1-2,7,9,15H,3-6H2,(H,16,17). The van der Waals surface area contributed by atoms with Crippen LogP contribution in [0.3, 0.4) is 0 Å². The summed E-state index contributed by atoms with van der Waals surface area (Å²) >= 11 is 0. The summed E-state index contributed by atoms with van der Waals surface area (Å²) in [6, 6.07) is 2.52. The summed E-state index contributed by atoms with van der Waals surface area (Å²) in [5.41, 5.74) is 0.376. The molecule has 0 aromatic heterocycles. The topological polar surface area (TPSA) is 67.8 Å². The number of halogens is 1. The third kappa shape index (κ3) is 2.12. The second-order valence-corrected chi connectivity index (χ2v) is 4.72. The Morgan fingerprint density at radius 1 is 1.37 bits per heavy atom. The Hall–Kier alpha value is -1.82. The Morgan fingerprint density at radius 3 is 2.89 bits per heavy atom. The third-order valence-electron chi connectivity index (χ3n) is 3.52. The third-order valence-corrected chi connectivity index (χ3v) is 3.52. The number of carbonyl (C=O) groups is 1. The van der Waals surface area contributed by atoms with E-state index in [2.05, 4.69) is 5.32 Å². The second kappa shape index (κ2) is 4.70. The van der Waals surface area contributed by atoms with Crippen LogP contribution in [-0.4, -0.2) is 30.8 Å². The maximum absolute atomic E-state index is 14.0. The number of rotatable bonds is 2. The molecule has 0 amide bonds. The average Bonchev–Trinajstić information content (AvgIpc) is 2.88. The van der Waals surface area contributed by atoms with Gasteiger partial charge >= 0.3 is 5.97 Å². The van der Waals surface area contributed by atoms with Crippen molar-refractivity contribution < 1.29 is 23.8 Å². The van der Waals surface area contributed by atoms with Crippen LogP contribution in [0.15, 0.2) is 12.1 Å². The quantitative estimate of drug-likeness (QED) is 0.846. The Kier molecular flexibility index (Phi) is 3.02. The van der Waals surface area contributed by atoms with Crippen LogP contribution >= 0.6 is 0 Å². The number of carboxylic acids is 1. The van der Waals surface area contributed by atoms with Gasteiger partial charge in [0.25, 0.3) is 0 Å². The first-order valence-corrected chi connectivity index (χ1v) is 6.21. The summed E-state index contributed by atoms with van der Waals surface area (Å²) in [5.74, 6) is -0.840. The van der Waals surface area contributed by atoms with Crippen LogP contribution in [0.1, 0.15) is 18.0 Å². The fraction of sp³-hybridized carbons (Fsp3) is 0.462. The number of ether oxygens (including phenoxy) is 2. The van der Waals surface area contributed by atoms with Crippen molar-refractivity contribution >= 4 is 5.97 Å². The van der Waals surface area contributed by atoms with Crippen molar-refractivity contribution in [2.24, 2.45) is 5.92 Å². The second-order valence-electron chi connectivity index (χ2n) is 4.72. The molecule has 1 fully saturated rings. The number of nitrogens with one attached hydrogen (secondary N) is 1. The van der Waals surface area contributed by atoms with Crippen LogP contribution in [-0.2, 0) is 4.79 Å². The Morgan fingerprint density at radius 2 is 2.16 bits per heavy atom. The van der Waals surface area contributed by atoms with Gasteiger partial charge in [0.2, 0.25) is 0 Å². The van der Waals surface area contributed by atoms with Gasteiger partial charge < -0.3 is 19.9 Å². The normalized spacial score (nSPS) is 25.3. The molecule has 2 aliphatic heterocycles. The van der Waals surface area contributed by atoms with Gasteiger partial charge in [-0.15, -0.1) is 0 Å². The van der Waals surface area contributed by atoms with Crippen molar-refractivity contribution in [3.05, 3.63) is 23.5 Å². The lowest BCUT2D eigenvalue weighted by Gasteiger charge is -2.24. The number of hydrogen-bond donors (Lipinski definition) is 2. The van der Waals surface area contributed by atoms with E-state index in [1.54, 1.807) is 0 Å². The largest absolute Gasteiger partial charge is 0.486 e. The Labute approximate surface area is 109 Å². The van der Waals surface area contributed by atoms with Gasteiger partial charge in [-0.05, 0) is 18.6 Å².